The minimum absolute atomic E-state index is 0.213. The van der Waals surface area contributed by atoms with E-state index in [1.54, 1.807) is 24.3 Å². The van der Waals surface area contributed by atoms with E-state index in [-0.39, 0.29) is 5.92 Å². The summed E-state index contributed by atoms with van der Waals surface area (Å²) in [6.45, 7) is 6.05. The van der Waals surface area contributed by atoms with Gasteiger partial charge in [-0.3, -0.25) is 4.90 Å². The maximum atomic E-state index is 12.4. The first-order valence-corrected chi connectivity index (χ1v) is 11.1. The zero-order valence-corrected chi connectivity index (χ0v) is 17.7. The van der Waals surface area contributed by atoms with E-state index in [0.29, 0.717) is 11.4 Å². The minimum Gasteiger partial charge on any atom is -0.475 e. The van der Waals surface area contributed by atoms with Crippen LogP contribution in [0.5, 0.6) is 0 Å². The molecule has 0 spiro atoms. The third kappa shape index (κ3) is 7.64. The molecule has 0 saturated heterocycles. The summed E-state index contributed by atoms with van der Waals surface area (Å²) >= 11 is 0. The number of aromatic nitrogens is 2. The third-order valence-corrected chi connectivity index (χ3v) is 5.98. The molecule has 1 unspecified atom stereocenters. The van der Waals surface area contributed by atoms with Gasteiger partial charge in [-0.05, 0) is 25.1 Å². The lowest BCUT2D eigenvalue weighted by atomic mass is 10.1. The van der Waals surface area contributed by atoms with Gasteiger partial charge in [0.25, 0.3) is 0 Å². The Labute approximate surface area is 178 Å². The highest BCUT2D eigenvalue weighted by Gasteiger charge is 2.38. The van der Waals surface area contributed by atoms with Crippen molar-refractivity contribution >= 4 is 16.0 Å². The summed E-state index contributed by atoms with van der Waals surface area (Å²) in [6.07, 6.45) is -0.220. The molecule has 0 fully saturated rings. The van der Waals surface area contributed by atoms with Gasteiger partial charge in [0.2, 0.25) is 10.0 Å². The number of hydrogen-bond donors (Lipinski definition) is 2. The number of nitrogens with zero attached hydrogens (tertiary/aromatic N) is 3. The first kappa shape index (κ1) is 24.8. The third-order valence-electron chi connectivity index (χ3n) is 4.54. The van der Waals surface area contributed by atoms with Crippen molar-refractivity contribution in [3.8, 4) is 0 Å². The topological polar surface area (TPSA) is 105 Å². The molecule has 0 bridgehead atoms. The van der Waals surface area contributed by atoms with Crippen LogP contribution in [0.2, 0.25) is 0 Å². The summed E-state index contributed by atoms with van der Waals surface area (Å²) in [7, 11) is -3.46. The monoisotopic (exact) mass is 462 g/mol. The number of carbonyl (C=O) groups is 1. The summed E-state index contributed by atoms with van der Waals surface area (Å²) in [5.74, 6) is -1.49. The van der Waals surface area contributed by atoms with Crippen molar-refractivity contribution in [3.05, 3.63) is 48.5 Å². The van der Waals surface area contributed by atoms with Crippen molar-refractivity contribution in [3.63, 3.8) is 0 Å². The molecule has 0 saturated carbocycles. The van der Waals surface area contributed by atoms with Crippen molar-refractivity contribution in [2.75, 3.05) is 19.6 Å². The molecular weight excluding hydrogens is 437 g/mol. The summed E-state index contributed by atoms with van der Waals surface area (Å²) in [4.78, 5) is 16.0. The van der Waals surface area contributed by atoms with Gasteiger partial charge in [-0.2, -0.15) is 13.2 Å². The van der Waals surface area contributed by atoms with Crippen molar-refractivity contribution in [2.45, 2.75) is 37.5 Å². The Kier molecular flexibility index (Phi) is 8.60. The smallest absolute Gasteiger partial charge is 0.475 e. The van der Waals surface area contributed by atoms with Crippen LogP contribution in [-0.4, -0.2) is 59.8 Å². The SMILES string of the molecule is CCCN1Cc2nccn2CC(CNS(=O)(=O)c2ccccc2)C1.O=C(O)C(F)(F)F. The fourth-order valence-electron chi connectivity index (χ4n) is 3.15. The second-order valence-electron chi connectivity index (χ2n) is 7.06. The van der Waals surface area contributed by atoms with Gasteiger partial charge < -0.3 is 9.67 Å². The number of fused-ring (bicyclic) bond motifs is 1. The van der Waals surface area contributed by atoms with Crippen LogP contribution in [0.3, 0.4) is 0 Å². The van der Waals surface area contributed by atoms with Crippen molar-refractivity contribution in [1.29, 1.82) is 0 Å². The van der Waals surface area contributed by atoms with Crippen LogP contribution in [0.4, 0.5) is 13.2 Å². The van der Waals surface area contributed by atoms with Crippen LogP contribution in [0.15, 0.2) is 47.6 Å². The number of halogens is 3. The van der Waals surface area contributed by atoms with Gasteiger partial charge in [0, 0.05) is 37.9 Å². The van der Waals surface area contributed by atoms with Crippen LogP contribution in [0, 0.1) is 5.92 Å². The quantitative estimate of drug-likeness (QED) is 0.683. The van der Waals surface area contributed by atoms with Gasteiger partial charge in [0.1, 0.15) is 5.82 Å². The van der Waals surface area contributed by atoms with E-state index in [9.17, 15) is 21.6 Å². The molecule has 8 nitrogen and oxygen atoms in total. The summed E-state index contributed by atoms with van der Waals surface area (Å²) in [6, 6.07) is 8.52. The Morgan fingerprint density at radius 2 is 1.90 bits per heavy atom. The minimum atomic E-state index is -5.08. The number of hydrogen-bond acceptors (Lipinski definition) is 5. The first-order chi connectivity index (χ1) is 14.5. The van der Waals surface area contributed by atoms with Crippen molar-refractivity contribution < 1.29 is 31.5 Å². The predicted octanol–water partition coefficient (Wildman–Crippen LogP) is 2.34. The zero-order valence-electron chi connectivity index (χ0n) is 16.9. The average molecular weight is 462 g/mol. The van der Waals surface area contributed by atoms with Crippen LogP contribution in [-0.2, 0) is 27.9 Å². The van der Waals surface area contributed by atoms with Crippen molar-refractivity contribution in [1.82, 2.24) is 19.2 Å². The summed E-state index contributed by atoms with van der Waals surface area (Å²) < 4.78 is 61.5. The number of benzene rings is 1. The molecule has 172 valence electrons. The number of alkyl halides is 3. The molecule has 0 aliphatic carbocycles. The van der Waals surface area contributed by atoms with Gasteiger partial charge in [-0.25, -0.2) is 22.9 Å². The number of carboxylic acids is 1. The molecule has 12 heteroatoms. The molecule has 3 rings (SSSR count). The van der Waals surface area contributed by atoms with Gasteiger partial charge in [0.15, 0.2) is 0 Å². The standard InChI is InChI=1S/C17H24N4O2S.C2HF3O2/c1-2-9-20-12-15(13-21-10-8-18-17(21)14-20)11-19-24(22,23)16-6-4-3-5-7-16;3-2(4,5)1(6)7/h3-8,10,15,19H,2,9,11-14H2,1H3;(H,6,7). The maximum absolute atomic E-state index is 12.4. The lowest BCUT2D eigenvalue weighted by Gasteiger charge is -2.23. The Morgan fingerprint density at radius 3 is 2.48 bits per heavy atom. The maximum Gasteiger partial charge on any atom is 0.490 e. The normalized spacial score (nSPS) is 17.2. The van der Waals surface area contributed by atoms with Crippen LogP contribution in [0.25, 0.3) is 0 Å². The highest BCUT2D eigenvalue weighted by Crippen LogP contribution is 2.16. The van der Waals surface area contributed by atoms with E-state index in [4.69, 9.17) is 9.90 Å². The number of nitrogens with one attached hydrogen (secondary N) is 1. The number of sulfonamides is 1. The number of carboxylic acid groups (broad SMARTS) is 1. The fourth-order valence-corrected chi connectivity index (χ4v) is 4.29. The highest BCUT2D eigenvalue weighted by atomic mass is 32.2. The Balaban J connectivity index is 0.000000423. The second-order valence-corrected chi connectivity index (χ2v) is 8.83. The van der Waals surface area contributed by atoms with E-state index in [1.807, 2.05) is 18.5 Å². The molecule has 1 aliphatic rings. The molecule has 0 radical (unpaired) electrons. The lowest BCUT2D eigenvalue weighted by Crippen LogP contribution is -2.36. The molecule has 0 amide bonds. The molecule has 31 heavy (non-hydrogen) atoms. The van der Waals surface area contributed by atoms with Gasteiger partial charge in [0.05, 0.1) is 11.4 Å². The van der Waals surface area contributed by atoms with Crippen LogP contribution < -0.4 is 4.72 Å². The first-order valence-electron chi connectivity index (χ1n) is 9.60. The van der Waals surface area contributed by atoms with E-state index in [1.165, 1.54) is 0 Å². The van der Waals surface area contributed by atoms with E-state index in [0.717, 1.165) is 38.4 Å². The lowest BCUT2D eigenvalue weighted by molar-refractivity contribution is -0.192. The van der Waals surface area contributed by atoms with Crippen LogP contribution in [0.1, 0.15) is 19.2 Å². The summed E-state index contributed by atoms with van der Waals surface area (Å²) in [5, 5.41) is 7.12. The molecule has 1 aromatic carbocycles. The number of imidazole rings is 1. The summed E-state index contributed by atoms with van der Waals surface area (Å²) in [5.41, 5.74) is 0. The van der Waals surface area contributed by atoms with Crippen molar-refractivity contribution in [2.24, 2.45) is 5.92 Å². The molecule has 1 atom stereocenters. The predicted molar refractivity (Wildman–Crippen MR) is 107 cm³/mol. The Hall–Kier alpha value is -2.44. The van der Waals surface area contributed by atoms with E-state index >= 15 is 0 Å². The van der Waals surface area contributed by atoms with Crippen LogP contribution >= 0.6 is 0 Å². The van der Waals surface area contributed by atoms with Gasteiger partial charge >= 0.3 is 12.1 Å². The molecule has 2 heterocycles. The van der Waals surface area contributed by atoms with E-state index in [2.05, 4.69) is 26.1 Å². The van der Waals surface area contributed by atoms with Gasteiger partial charge in [-0.1, -0.05) is 25.1 Å². The molecular formula is C19H25F3N4O4S. The molecule has 2 N–H and O–H groups in total. The Bertz CT molecular complexity index is 949. The van der Waals surface area contributed by atoms with E-state index < -0.39 is 22.2 Å². The highest BCUT2D eigenvalue weighted by molar-refractivity contribution is 7.89. The molecule has 1 aliphatic heterocycles. The average Bonchev–Trinajstić information content (AvgIpc) is 3.06. The molecule has 1 aromatic heterocycles. The number of aliphatic carboxylic acids is 1. The van der Waals surface area contributed by atoms with Gasteiger partial charge in [-0.15, -0.1) is 0 Å². The number of rotatable bonds is 6. The fraction of sp³-hybridized carbons (Fsp3) is 0.474. The molecule has 2 aromatic rings. The second kappa shape index (κ2) is 10.7. The largest absolute Gasteiger partial charge is 0.490 e. The zero-order chi connectivity index (χ0) is 23.1. The Morgan fingerprint density at radius 1 is 1.26 bits per heavy atom.